The predicted octanol–water partition coefficient (Wildman–Crippen LogP) is 0.739. The second-order valence-electron chi connectivity index (χ2n) is 5.71. The highest BCUT2D eigenvalue weighted by Crippen LogP contribution is 2.38. The molecular weight excluding hydrogens is 232 g/mol. The second kappa shape index (κ2) is 4.19. The lowest BCUT2D eigenvalue weighted by molar-refractivity contribution is 0.508. The highest BCUT2D eigenvalue weighted by Gasteiger charge is 2.38. The third-order valence-electron chi connectivity index (χ3n) is 3.21. The van der Waals surface area contributed by atoms with Gasteiger partial charge in [0.2, 0.25) is 0 Å². The topological polar surface area (TPSA) is 92.9 Å². The fourth-order valence-corrected chi connectivity index (χ4v) is 1.87. The Kier molecular flexibility index (Phi) is 2.96. The average Bonchev–Trinajstić information content (AvgIpc) is 2.98. The van der Waals surface area contributed by atoms with Crippen LogP contribution >= 0.6 is 0 Å². The summed E-state index contributed by atoms with van der Waals surface area (Å²) in [5, 5.41) is 3.14. The highest BCUT2D eigenvalue weighted by atomic mass is 16.2. The van der Waals surface area contributed by atoms with Crippen LogP contribution in [0.2, 0.25) is 0 Å². The fourth-order valence-electron chi connectivity index (χ4n) is 1.87. The molecule has 1 heterocycles. The molecule has 6 nitrogen and oxygen atoms in total. The van der Waals surface area contributed by atoms with Gasteiger partial charge in [0, 0.05) is 12.1 Å². The van der Waals surface area contributed by atoms with Gasteiger partial charge < -0.3 is 11.1 Å². The lowest BCUT2D eigenvalue weighted by Gasteiger charge is -2.18. The van der Waals surface area contributed by atoms with E-state index in [1.54, 1.807) is 0 Å². The molecule has 1 fully saturated rings. The number of H-pyrrole nitrogens is 1. The molecule has 6 heteroatoms. The third kappa shape index (κ3) is 2.42. The van der Waals surface area contributed by atoms with Crippen molar-refractivity contribution in [2.75, 3.05) is 11.1 Å². The van der Waals surface area contributed by atoms with Gasteiger partial charge in [-0.25, -0.2) is 4.79 Å². The maximum atomic E-state index is 11.8. The molecule has 2 rings (SSSR count). The van der Waals surface area contributed by atoms with Crippen LogP contribution in [-0.4, -0.2) is 15.1 Å². The van der Waals surface area contributed by atoms with Crippen molar-refractivity contribution in [1.29, 1.82) is 0 Å². The van der Waals surface area contributed by atoms with E-state index in [1.807, 2.05) is 20.8 Å². The Morgan fingerprint density at radius 1 is 1.44 bits per heavy atom. The van der Waals surface area contributed by atoms with E-state index in [0.29, 0.717) is 12.2 Å². The minimum absolute atomic E-state index is 0.0544. The second-order valence-corrected chi connectivity index (χ2v) is 5.71. The maximum absolute atomic E-state index is 11.8. The van der Waals surface area contributed by atoms with Crippen LogP contribution in [0.3, 0.4) is 0 Å². The Morgan fingerprint density at radius 3 is 2.56 bits per heavy atom. The molecule has 0 radical (unpaired) electrons. The van der Waals surface area contributed by atoms with Gasteiger partial charge >= 0.3 is 5.69 Å². The summed E-state index contributed by atoms with van der Waals surface area (Å²) in [7, 11) is 0. The minimum Gasteiger partial charge on any atom is -0.383 e. The van der Waals surface area contributed by atoms with Gasteiger partial charge in [-0.1, -0.05) is 13.8 Å². The van der Waals surface area contributed by atoms with Crippen molar-refractivity contribution < 1.29 is 0 Å². The van der Waals surface area contributed by atoms with E-state index in [-0.39, 0.29) is 17.3 Å². The first-order chi connectivity index (χ1) is 8.32. The summed E-state index contributed by atoms with van der Waals surface area (Å²) in [4.78, 5) is 25.8. The zero-order valence-electron chi connectivity index (χ0n) is 11.0. The average molecular weight is 252 g/mol. The molecule has 0 amide bonds. The number of hydrogen-bond acceptors (Lipinski definition) is 4. The van der Waals surface area contributed by atoms with E-state index in [4.69, 9.17) is 5.73 Å². The van der Waals surface area contributed by atoms with Crippen LogP contribution in [-0.2, 0) is 6.54 Å². The van der Waals surface area contributed by atoms with Crippen LogP contribution < -0.4 is 22.3 Å². The van der Waals surface area contributed by atoms with E-state index in [2.05, 4.69) is 10.3 Å². The van der Waals surface area contributed by atoms with Gasteiger partial charge in [-0.05, 0) is 25.7 Å². The van der Waals surface area contributed by atoms with Gasteiger partial charge in [0.1, 0.15) is 11.5 Å². The van der Waals surface area contributed by atoms with Crippen molar-refractivity contribution in [3.05, 3.63) is 20.8 Å². The number of aromatic amines is 1. The number of nitrogens with two attached hydrogens (primary N) is 1. The van der Waals surface area contributed by atoms with Gasteiger partial charge in [0.15, 0.2) is 0 Å². The monoisotopic (exact) mass is 252 g/mol. The number of anilines is 2. The molecule has 1 aliphatic rings. The standard InChI is InChI=1S/C12H20N4O2/c1-7(2)6-16-9(13)8(10(17)14-11(16)18)15-12(3)4-5-12/h7,15H,4-6,13H2,1-3H3,(H,14,17,18). The van der Waals surface area contributed by atoms with Crippen LogP contribution in [0.15, 0.2) is 9.59 Å². The predicted molar refractivity (Wildman–Crippen MR) is 71.8 cm³/mol. The first kappa shape index (κ1) is 12.7. The van der Waals surface area contributed by atoms with E-state index < -0.39 is 11.2 Å². The summed E-state index contributed by atoms with van der Waals surface area (Å²) >= 11 is 0. The number of rotatable bonds is 4. The summed E-state index contributed by atoms with van der Waals surface area (Å²) in [6.07, 6.45) is 2.02. The molecule has 100 valence electrons. The fraction of sp³-hybridized carbons (Fsp3) is 0.667. The summed E-state index contributed by atoms with van der Waals surface area (Å²) in [6.45, 7) is 6.51. The molecule has 1 aromatic rings. The molecule has 0 aliphatic heterocycles. The first-order valence-electron chi connectivity index (χ1n) is 6.23. The lowest BCUT2D eigenvalue weighted by Crippen LogP contribution is -2.36. The number of aromatic nitrogens is 2. The third-order valence-corrected chi connectivity index (χ3v) is 3.21. The number of hydrogen-bond donors (Lipinski definition) is 3. The summed E-state index contributed by atoms with van der Waals surface area (Å²) in [5.74, 6) is 0.505. The quantitative estimate of drug-likeness (QED) is 0.736. The molecule has 0 atom stereocenters. The lowest BCUT2D eigenvalue weighted by atomic mass is 10.2. The van der Waals surface area contributed by atoms with E-state index in [1.165, 1.54) is 4.57 Å². The molecule has 0 unspecified atom stereocenters. The minimum atomic E-state index is -0.447. The van der Waals surface area contributed by atoms with E-state index in [0.717, 1.165) is 12.8 Å². The number of nitrogens with zero attached hydrogens (tertiary/aromatic N) is 1. The Balaban J connectivity index is 2.45. The molecule has 0 bridgehead atoms. The van der Waals surface area contributed by atoms with Crippen LogP contribution in [0.4, 0.5) is 11.5 Å². The van der Waals surface area contributed by atoms with Crippen molar-refractivity contribution in [3.8, 4) is 0 Å². The van der Waals surface area contributed by atoms with Crippen LogP contribution in [0, 0.1) is 5.92 Å². The van der Waals surface area contributed by atoms with Crippen LogP contribution in [0.25, 0.3) is 0 Å². The van der Waals surface area contributed by atoms with E-state index in [9.17, 15) is 9.59 Å². The van der Waals surface area contributed by atoms with Gasteiger partial charge in [0.25, 0.3) is 5.56 Å². The summed E-state index contributed by atoms with van der Waals surface area (Å²) in [5.41, 5.74) is 5.32. The van der Waals surface area contributed by atoms with Gasteiger partial charge in [-0.3, -0.25) is 14.3 Å². The van der Waals surface area contributed by atoms with E-state index >= 15 is 0 Å². The largest absolute Gasteiger partial charge is 0.383 e. The molecule has 0 saturated heterocycles. The molecule has 1 aromatic heterocycles. The van der Waals surface area contributed by atoms with Crippen molar-refractivity contribution in [3.63, 3.8) is 0 Å². The summed E-state index contributed by atoms with van der Waals surface area (Å²) in [6, 6.07) is 0. The normalized spacial score (nSPS) is 16.9. The zero-order chi connectivity index (χ0) is 13.5. The van der Waals surface area contributed by atoms with Crippen LogP contribution in [0.5, 0.6) is 0 Å². The van der Waals surface area contributed by atoms with Crippen molar-refractivity contribution in [1.82, 2.24) is 9.55 Å². The Bertz CT molecular complexity index is 566. The van der Waals surface area contributed by atoms with Gasteiger partial charge in [0.05, 0.1) is 0 Å². The van der Waals surface area contributed by atoms with Gasteiger partial charge in [-0.2, -0.15) is 0 Å². The van der Waals surface area contributed by atoms with Crippen LogP contribution in [0.1, 0.15) is 33.6 Å². The highest BCUT2D eigenvalue weighted by molar-refractivity contribution is 5.62. The van der Waals surface area contributed by atoms with Gasteiger partial charge in [-0.15, -0.1) is 0 Å². The SMILES string of the molecule is CC(C)Cn1c(N)c(NC2(C)CC2)c(=O)[nH]c1=O. The first-order valence-corrected chi connectivity index (χ1v) is 6.23. The molecule has 0 spiro atoms. The Hall–Kier alpha value is -1.72. The zero-order valence-corrected chi connectivity index (χ0v) is 11.0. The molecule has 1 saturated carbocycles. The summed E-state index contributed by atoms with van der Waals surface area (Å²) < 4.78 is 1.42. The molecular formula is C12H20N4O2. The molecule has 18 heavy (non-hydrogen) atoms. The van der Waals surface area contributed by atoms with Crippen molar-refractivity contribution >= 4 is 11.5 Å². The Morgan fingerprint density at radius 2 is 2.06 bits per heavy atom. The molecule has 4 N–H and O–H groups in total. The number of nitrogens with one attached hydrogen (secondary N) is 2. The van der Waals surface area contributed by atoms with Crippen molar-refractivity contribution in [2.24, 2.45) is 5.92 Å². The maximum Gasteiger partial charge on any atom is 0.330 e. The molecule has 0 aromatic carbocycles. The number of nitrogen functional groups attached to an aromatic ring is 1. The Labute approximate surface area is 105 Å². The van der Waals surface area contributed by atoms with Crippen molar-refractivity contribution in [2.45, 2.75) is 45.7 Å². The molecule has 1 aliphatic carbocycles. The smallest absolute Gasteiger partial charge is 0.330 e.